The van der Waals surface area contributed by atoms with E-state index in [-0.39, 0.29) is 34.1 Å². The second-order valence-electron chi connectivity index (χ2n) is 6.70. The number of H-pyrrole nitrogens is 1. The molecular formula is C20H17F2NO2. The zero-order chi connectivity index (χ0) is 17.6. The molecule has 1 aromatic heterocycles. The van der Waals surface area contributed by atoms with Crippen molar-refractivity contribution in [3.05, 3.63) is 59.3 Å². The van der Waals surface area contributed by atoms with Gasteiger partial charge in [0.05, 0.1) is 17.7 Å². The number of halogens is 2. The van der Waals surface area contributed by atoms with Crippen molar-refractivity contribution in [1.29, 1.82) is 0 Å². The van der Waals surface area contributed by atoms with Crippen molar-refractivity contribution in [3.63, 3.8) is 0 Å². The van der Waals surface area contributed by atoms with E-state index in [2.05, 4.69) is 4.98 Å². The molecule has 1 fully saturated rings. The van der Waals surface area contributed by atoms with Crippen molar-refractivity contribution in [2.24, 2.45) is 0 Å². The molecule has 0 radical (unpaired) electrons. The van der Waals surface area contributed by atoms with Gasteiger partial charge >= 0.3 is 0 Å². The van der Waals surface area contributed by atoms with E-state index >= 15 is 0 Å². The molecule has 0 unspecified atom stereocenters. The molecule has 1 aliphatic rings. The summed E-state index contributed by atoms with van der Waals surface area (Å²) in [7, 11) is 0. The molecule has 5 heteroatoms. The monoisotopic (exact) mass is 341 g/mol. The van der Waals surface area contributed by atoms with Gasteiger partial charge in [-0.25, -0.2) is 8.78 Å². The summed E-state index contributed by atoms with van der Waals surface area (Å²) in [6, 6.07) is 8.20. The lowest BCUT2D eigenvalue weighted by Gasteiger charge is -2.41. The first-order valence-electron chi connectivity index (χ1n) is 8.26. The third kappa shape index (κ3) is 2.30. The van der Waals surface area contributed by atoms with E-state index in [0.717, 1.165) is 24.8 Å². The van der Waals surface area contributed by atoms with Crippen molar-refractivity contribution in [2.75, 3.05) is 6.61 Å². The first kappa shape index (κ1) is 16.0. The molecule has 128 valence electrons. The Bertz CT molecular complexity index is 950. The van der Waals surface area contributed by atoms with Crippen LogP contribution in [0.3, 0.4) is 0 Å². The molecule has 3 aromatic rings. The molecule has 0 atom stereocenters. The van der Waals surface area contributed by atoms with Crippen LogP contribution in [-0.2, 0) is 5.41 Å². The van der Waals surface area contributed by atoms with Crippen molar-refractivity contribution in [3.8, 4) is 11.1 Å². The molecule has 0 saturated heterocycles. The maximum absolute atomic E-state index is 14.9. The second kappa shape index (κ2) is 5.77. The quantitative estimate of drug-likeness (QED) is 0.694. The van der Waals surface area contributed by atoms with Crippen molar-refractivity contribution < 1.29 is 18.7 Å². The van der Waals surface area contributed by atoms with Crippen LogP contribution in [-0.4, -0.2) is 23.0 Å². The highest BCUT2D eigenvalue weighted by molar-refractivity contribution is 5.99. The second-order valence-corrected chi connectivity index (χ2v) is 6.70. The Labute approximate surface area is 143 Å². The van der Waals surface area contributed by atoms with Gasteiger partial charge in [-0.2, -0.15) is 0 Å². The Morgan fingerprint density at radius 1 is 1.20 bits per heavy atom. The van der Waals surface area contributed by atoms with Crippen LogP contribution in [0.25, 0.3) is 22.0 Å². The smallest absolute Gasteiger partial charge is 0.152 e. The number of aromatic amines is 1. The van der Waals surface area contributed by atoms with E-state index in [1.54, 1.807) is 12.1 Å². The zero-order valence-corrected chi connectivity index (χ0v) is 13.5. The fraction of sp³-hybridized carbons (Fsp3) is 0.250. The summed E-state index contributed by atoms with van der Waals surface area (Å²) >= 11 is 0. The average Bonchev–Trinajstić information content (AvgIpc) is 2.99. The van der Waals surface area contributed by atoms with Crippen LogP contribution < -0.4 is 0 Å². The first-order valence-corrected chi connectivity index (χ1v) is 8.26. The molecule has 0 aliphatic heterocycles. The lowest BCUT2D eigenvalue weighted by Crippen LogP contribution is -2.37. The summed E-state index contributed by atoms with van der Waals surface area (Å²) in [5.41, 5.74) is 1.46. The van der Waals surface area contributed by atoms with Gasteiger partial charge in [-0.1, -0.05) is 30.7 Å². The van der Waals surface area contributed by atoms with Gasteiger partial charge < -0.3 is 10.1 Å². The third-order valence-corrected chi connectivity index (χ3v) is 5.42. The number of carbonyl (C=O) groups excluding carboxylic acids is 1. The highest BCUT2D eigenvalue weighted by atomic mass is 19.1. The Kier molecular flexibility index (Phi) is 3.69. The minimum atomic E-state index is -0.744. The van der Waals surface area contributed by atoms with E-state index in [9.17, 15) is 18.7 Å². The average molecular weight is 341 g/mol. The normalized spacial score (nSPS) is 16.0. The van der Waals surface area contributed by atoms with Gasteiger partial charge in [0.2, 0.25) is 0 Å². The molecule has 0 spiro atoms. The van der Waals surface area contributed by atoms with Gasteiger partial charge in [-0.15, -0.1) is 0 Å². The predicted molar refractivity (Wildman–Crippen MR) is 91.7 cm³/mol. The SMILES string of the molecule is O=Cc1c[nH]c2cc(F)c(-c3ccc(C4(CO)CCC4)cc3)c(F)c12. The Balaban J connectivity index is 1.83. The maximum atomic E-state index is 14.9. The molecule has 2 N–H and O–H groups in total. The van der Waals surface area contributed by atoms with Crippen molar-refractivity contribution in [1.82, 2.24) is 4.98 Å². The van der Waals surface area contributed by atoms with E-state index in [4.69, 9.17) is 0 Å². The Hall–Kier alpha value is -2.53. The van der Waals surface area contributed by atoms with Crippen LogP contribution in [0, 0.1) is 11.6 Å². The van der Waals surface area contributed by atoms with Gasteiger partial charge in [0.1, 0.15) is 11.6 Å². The number of aliphatic hydroxyl groups excluding tert-OH is 1. The number of carbonyl (C=O) groups is 1. The highest BCUT2D eigenvalue weighted by Crippen LogP contribution is 2.44. The summed E-state index contributed by atoms with van der Waals surface area (Å²) in [5, 5.41) is 9.76. The number of nitrogens with one attached hydrogen (secondary N) is 1. The number of fused-ring (bicyclic) bond motifs is 1. The molecule has 0 amide bonds. The fourth-order valence-electron chi connectivity index (χ4n) is 3.73. The number of aliphatic hydroxyl groups is 1. The molecular weight excluding hydrogens is 324 g/mol. The van der Waals surface area contributed by atoms with Gasteiger partial charge in [0, 0.05) is 22.6 Å². The zero-order valence-electron chi connectivity index (χ0n) is 13.5. The summed E-state index contributed by atoms with van der Waals surface area (Å²) < 4.78 is 29.4. The van der Waals surface area contributed by atoms with Crippen molar-refractivity contribution in [2.45, 2.75) is 24.7 Å². The summed E-state index contributed by atoms with van der Waals surface area (Å²) in [5.74, 6) is -1.43. The number of aldehydes is 1. The summed E-state index contributed by atoms with van der Waals surface area (Å²) in [6.45, 7) is 0.0765. The van der Waals surface area contributed by atoms with Crippen LogP contribution in [0.4, 0.5) is 8.78 Å². The molecule has 1 saturated carbocycles. The van der Waals surface area contributed by atoms with E-state index < -0.39 is 11.6 Å². The fourth-order valence-corrected chi connectivity index (χ4v) is 3.73. The topological polar surface area (TPSA) is 53.1 Å². The van der Waals surface area contributed by atoms with Gasteiger partial charge in [-0.05, 0) is 30.0 Å². The number of rotatable bonds is 4. The Morgan fingerprint density at radius 2 is 1.92 bits per heavy atom. The van der Waals surface area contributed by atoms with Crippen molar-refractivity contribution >= 4 is 17.2 Å². The van der Waals surface area contributed by atoms with E-state index in [0.29, 0.717) is 11.8 Å². The largest absolute Gasteiger partial charge is 0.395 e. The molecule has 1 aliphatic carbocycles. The molecule has 2 aromatic carbocycles. The predicted octanol–water partition coefficient (Wildman–Crippen LogP) is 4.34. The summed E-state index contributed by atoms with van der Waals surface area (Å²) in [4.78, 5) is 13.8. The lowest BCUT2D eigenvalue weighted by atomic mass is 9.65. The van der Waals surface area contributed by atoms with Crippen LogP contribution in [0.1, 0.15) is 35.2 Å². The standard InChI is InChI=1S/C20H17F2NO2/c21-15-8-16-18(13(10-24)9-23-16)19(22)17(15)12-2-4-14(5-3-12)20(11-25)6-1-7-20/h2-5,8-10,23,25H,1,6-7,11H2. The Morgan fingerprint density at radius 3 is 2.48 bits per heavy atom. The van der Waals surface area contributed by atoms with Crippen LogP contribution in [0.15, 0.2) is 36.5 Å². The number of hydrogen-bond acceptors (Lipinski definition) is 2. The van der Waals surface area contributed by atoms with Crippen LogP contribution in [0.2, 0.25) is 0 Å². The summed E-state index contributed by atoms with van der Waals surface area (Å²) in [6.07, 6.45) is 4.83. The lowest BCUT2D eigenvalue weighted by molar-refractivity contribution is 0.112. The van der Waals surface area contributed by atoms with Gasteiger partial charge in [0.15, 0.2) is 6.29 Å². The van der Waals surface area contributed by atoms with Gasteiger partial charge in [-0.3, -0.25) is 4.79 Å². The minimum absolute atomic E-state index is 0.0765. The van der Waals surface area contributed by atoms with Crippen LogP contribution >= 0.6 is 0 Å². The molecule has 25 heavy (non-hydrogen) atoms. The number of benzene rings is 2. The molecule has 0 bridgehead atoms. The van der Waals surface area contributed by atoms with Crippen LogP contribution in [0.5, 0.6) is 0 Å². The maximum Gasteiger partial charge on any atom is 0.152 e. The van der Waals surface area contributed by atoms with Gasteiger partial charge in [0.25, 0.3) is 0 Å². The van der Waals surface area contributed by atoms with E-state index in [1.807, 2.05) is 12.1 Å². The first-order chi connectivity index (χ1) is 12.1. The number of hydrogen-bond donors (Lipinski definition) is 2. The molecule has 1 heterocycles. The molecule has 3 nitrogen and oxygen atoms in total. The van der Waals surface area contributed by atoms with E-state index in [1.165, 1.54) is 12.3 Å². The third-order valence-electron chi connectivity index (χ3n) is 5.42. The number of aromatic nitrogens is 1. The highest BCUT2D eigenvalue weighted by Gasteiger charge is 2.37. The molecule has 4 rings (SSSR count). The minimum Gasteiger partial charge on any atom is -0.395 e.